The van der Waals surface area contributed by atoms with Gasteiger partial charge in [0.05, 0.1) is 17.6 Å². The van der Waals surface area contributed by atoms with Gasteiger partial charge < -0.3 is 9.84 Å². The van der Waals surface area contributed by atoms with E-state index >= 15 is 0 Å². The van der Waals surface area contributed by atoms with E-state index < -0.39 is 38.8 Å². The van der Waals surface area contributed by atoms with Gasteiger partial charge in [0.25, 0.3) is 0 Å². The van der Waals surface area contributed by atoms with Crippen LogP contribution in [0.5, 0.6) is 0 Å². The smallest absolute Gasteiger partial charge is 0.339 e. The highest BCUT2D eigenvalue weighted by Crippen LogP contribution is 2.22. The number of esters is 1. The molecule has 1 unspecified atom stereocenters. The molecule has 0 saturated heterocycles. The highest BCUT2D eigenvalue weighted by Gasteiger charge is 2.31. The van der Waals surface area contributed by atoms with E-state index in [9.17, 15) is 18.0 Å². The maximum absolute atomic E-state index is 12.4. The number of sulfonamides is 1. The first-order valence-corrected chi connectivity index (χ1v) is 8.09. The van der Waals surface area contributed by atoms with Gasteiger partial charge in [-0.1, -0.05) is 25.4 Å². The van der Waals surface area contributed by atoms with Gasteiger partial charge in [-0.2, -0.15) is 4.72 Å². The number of carbonyl (C=O) groups is 2. The Morgan fingerprint density at radius 2 is 1.91 bits per heavy atom. The molecule has 0 aliphatic heterocycles. The Hall–Kier alpha value is -1.64. The van der Waals surface area contributed by atoms with Gasteiger partial charge in [0.2, 0.25) is 10.0 Å². The average molecular weight is 350 g/mol. The molecule has 0 aliphatic carbocycles. The highest BCUT2D eigenvalue weighted by molar-refractivity contribution is 7.89. The Balaban J connectivity index is 3.36. The lowest BCUT2D eigenvalue weighted by Gasteiger charge is -2.19. The number of rotatable bonds is 6. The molecule has 0 heterocycles. The Morgan fingerprint density at radius 3 is 2.36 bits per heavy atom. The lowest BCUT2D eigenvalue weighted by molar-refractivity contribution is -0.140. The van der Waals surface area contributed by atoms with E-state index in [0.29, 0.717) is 0 Å². The maximum Gasteiger partial charge on any atom is 0.339 e. The van der Waals surface area contributed by atoms with Gasteiger partial charge in [-0.3, -0.25) is 4.79 Å². The first-order chi connectivity index (χ1) is 10.1. The highest BCUT2D eigenvalue weighted by atomic mass is 35.5. The minimum atomic E-state index is -4.27. The van der Waals surface area contributed by atoms with Gasteiger partial charge in [0.15, 0.2) is 0 Å². The number of hydrogen-bond acceptors (Lipinski definition) is 5. The molecule has 0 aliphatic rings. The topological polar surface area (TPSA) is 110 Å². The van der Waals surface area contributed by atoms with Crippen LogP contribution in [0.3, 0.4) is 0 Å². The number of ether oxygens (including phenoxy) is 1. The zero-order chi connectivity index (χ0) is 17.1. The van der Waals surface area contributed by atoms with Crippen LogP contribution in [0.4, 0.5) is 0 Å². The third-order valence-electron chi connectivity index (χ3n) is 2.85. The first-order valence-electron chi connectivity index (χ1n) is 6.23. The number of aliphatic carboxylic acids is 1. The number of nitrogens with one attached hydrogen (secondary N) is 1. The van der Waals surface area contributed by atoms with Crippen molar-refractivity contribution in [2.75, 3.05) is 7.11 Å². The van der Waals surface area contributed by atoms with Crippen molar-refractivity contribution in [2.45, 2.75) is 24.8 Å². The zero-order valence-electron chi connectivity index (χ0n) is 12.2. The number of carboxylic acids is 1. The first kappa shape index (κ1) is 18.4. The molecule has 1 atom stereocenters. The summed E-state index contributed by atoms with van der Waals surface area (Å²) in [5.41, 5.74) is -0.229. The fourth-order valence-corrected chi connectivity index (χ4v) is 3.49. The Kier molecular flexibility index (Phi) is 5.92. The Morgan fingerprint density at radius 1 is 1.32 bits per heavy atom. The molecule has 2 N–H and O–H groups in total. The van der Waals surface area contributed by atoms with E-state index in [1.165, 1.54) is 12.1 Å². The molecule has 1 aromatic carbocycles. The molecule has 122 valence electrons. The van der Waals surface area contributed by atoms with E-state index in [0.717, 1.165) is 13.2 Å². The van der Waals surface area contributed by atoms with E-state index in [4.69, 9.17) is 16.7 Å². The molecule has 0 bridgehead atoms. The number of halogens is 1. The van der Waals surface area contributed by atoms with Crippen molar-refractivity contribution in [1.82, 2.24) is 4.72 Å². The second-order valence-electron chi connectivity index (χ2n) is 4.81. The van der Waals surface area contributed by atoms with Crippen LogP contribution in [0.1, 0.15) is 24.2 Å². The lowest BCUT2D eigenvalue weighted by Crippen LogP contribution is -2.44. The summed E-state index contributed by atoms with van der Waals surface area (Å²) in [6.07, 6.45) is 0. The van der Waals surface area contributed by atoms with Crippen molar-refractivity contribution in [1.29, 1.82) is 0 Å². The van der Waals surface area contributed by atoms with Gasteiger partial charge in [0.1, 0.15) is 6.04 Å². The van der Waals surface area contributed by atoms with Crippen LogP contribution < -0.4 is 4.72 Å². The summed E-state index contributed by atoms with van der Waals surface area (Å²) >= 11 is 5.77. The van der Waals surface area contributed by atoms with Crippen LogP contribution in [0.15, 0.2) is 23.1 Å². The van der Waals surface area contributed by atoms with Crippen LogP contribution in [-0.2, 0) is 19.6 Å². The summed E-state index contributed by atoms with van der Waals surface area (Å²) < 4.78 is 31.4. The number of hydrogen-bond donors (Lipinski definition) is 2. The molecular formula is C13H16ClNO6S. The Labute approximate surface area is 133 Å². The summed E-state index contributed by atoms with van der Waals surface area (Å²) in [4.78, 5) is 22.4. The van der Waals surface area contributed by atoms with Crippen molar-refractivity contribution < 1.29 is 27.9 Å². The second-order valence-corrected chi connectivity index (χ2v) is 6.93. The SMILES string of the molecule is COC(=O)c1ccc(Cl)cc1S(=O)(=O)NC(C(=O)O)C(C)C. The molecule has 0 amide bonds. The third kappa shape index (κ3) is 4.19. The number of benzene rings is 1. The van der Waals surface area contributed by atoms with Gasteiger partial charge in [-0.25, -0.2) is 13.2 Å². The molecule has 0 aromatic heterocycles. The standard InChI is InChI=1S/C13H16ClNO6S/c1-7(2)11(12(16)17)15-22(19,20)10-6-8(14)4-5-9(10)13(18)21-3/h4-7,11,15H,1-3H3,(H,16,17). The third-order valence-corrected chi connectivity index (χ3v) is 4.57. The van der Waals surface area contributed by atoms with Gasteiger partial charge in [0, 0.05) is 5.02 Å². The van der Waals surface area contributed by atoms with Crippen molar-refractivity contribution in [3.05, 3.63) is 28.8 Å². The van der Waals surface area contributed by atoms with Crippen molar-refractivity contribution in [2.24, 2.45) is 5.92 Å². The maximum atomic E-state index is 12.4. The van der Waals surface area contributed by atoms with Gasteiger partial charge >= 0.3 is 11.9 Å². The van der Waals surface area contributed by atoms with E-state index in [1.807, 2.05) is 0 Å². The van der Waals surface area contributed by atoms with E-state index in [-0.39, 0.29) is 10.6 Å². The normalized spacial score (nSPS) is 13.0. The molecule has 0 saturated carbocycles. The van der Waals surface area contributed by atoms with Crippen molar-refractivity contribution >= 4 is 33.6 Å². The molecule has 0 radical (unpaired) electrons. The van der Waals surface area contributed by atoms with Gasteiger partial charge in [-0.15, -0.1) is 0 Å². The summed E-state index contributed by atoms with van der Waals surface area (Å²) in [6.45, 7) is 3.11. The molecule has 1 rings (SSSR count). The minimum Gasteiger partial charge on any atom is -0.480 e. The largest absolute Gasteiger partial charge is 0.480 e. The summed E-state index contributed by atoms with van der Waals surface area (Å²) in [5.74, 6) is -2.68. The lowest BCUT2D eigenvalue weighted by atomic mass is 10.1. The van der Waals surface area contributed by atoms with Crippen LogP contribution in [0.2, 0.25) is 5.02 Å². The molecule has 0 spiro atoms. The average Bonchev–Trinajstić information content (AvgIpc) is 2.43. The summed E-state index contributed by atoms with van der Waals surface area (Å²) in [7, 11) is -3.17. The summed E-state index contributed by atoms with van der Waals surface area (Å²) in [6, 6.07) is 2.27. The predicted octanol–water partition coefficient (Wildman–Crippen LogP) is 1.51. The molecule has 0 fully saturated rings. The molecule has 7 nitrogen and oxygen atoms in total. The molecular weight excluding hydrogens is 334 g/mol. The second kappa shape index (κ2) is 7.08. The minimum absolute atomic E-state index is 0.0875. The van der Waals surface area contributed by atoms with Crippen LogP contribution in [0.25, 0.3) is 0 Å². The van der Waals surface area contributed by atoms with Crippen molar-refractivity contribution in [3.8, 4) is 0 Å². The van der Waals surface area contributed by atoms with Crippen LogP contribution >= 0.6 is 11.6 Å². The predicted molar refractivity (Wildman–Crippen MR) is 79.4 cm³/mol. The molecule has 9 heteroatoms. The molecule has 1 aromatic rings. The van der Waals surface area contributed by atoms with Crippen LogP contribution in [0, 0.1) is 5.92 Å². The quantitative estimate of drug-likeness (QED) is 0.753. The van der Waals surface area contributed by atoms with E-state index in [1.54, 1.807) is 13.8 Å². The number of carbonyl (C=O) groups excluding carboxylic acids is 1. The van der Waals surface area contributed by atoms with Gasteiger partial charge in [-0.05, 0) is 24.1 Å². The number of carboxylic acid groups (broad SMARTS) is 1. The monoisotopic (exact) mass is 349 g/mol. The fraction of sp³-hybridized carbons (Fsp3) is 0.385. The summed E-state index contributed by atoms with van der Waals surface area (Å²) in [5, 5.41) is 9.18. The fourth-order valence-electron chi connectivity index (χ4n) is 1.70. The number of methoxy groups -OCH3 is 1. The van der Waals surface area contributed by atoms with E-state index in [2.05, 4.69) is 9.46 Å². The van der Waals surface area contributed by atoms with Crippen LogP contribution in [-0.4, -0.2) is 38.6 Å². The van der Waals surface area contributed by atoms with Crippen molar-refractivity contribution in [3.63, 3.8) is 0 Å². The molecule has 22 heavy (non-hydrogen) atoms. The zero-order valence-corrected chi connectivity index (χ0v) is 13.7. The Bertz CT molecular complexity index is 686.